The van der Waals surface area contributed by atoms with Crippen LogP contribution in [-0.4, -0.2) is 66.7 Å². The van der Waals surface area contributed by atoms with Gasteiger partial charge in [0.1, 0.15) is 0 Å². The third-order valence-corrected chi connectivity index (χ3v) is 5.79. The van der Waals surface area contributed by atoms with Gasteiger partial charge < -0.3 is 5.32 Å². The smallest absolute Gasteiger partial charge is 0.224 e. The third kappa shape index (κ3) is 4.30. The number of nitrogens with one attached hydrogen (secondary N) is 1. The fraction of sp³-hybridized carbons (Fsp3) is 0.714. The molecule has 2 rings (SSSR count). The van der Waals surface area contributed by atoms with E-state index in [4.69, 9.17) is 0 Å². The van der Waals surface area contributed by atoms with Crippen LogP contribution >= 0.6 is 0 Å². The van der Waals surface area contributed by atoms with Gasteiger partial charge in [0.25, 0.3) is 0 Å². The minimum Gasteiger partial charge on any atom is -0.355 e. The predicted molar refractivity (Wildman–Crippen MR) is 84.5 cm³/mol. The Morgan fingerprint density at radius 1 is 1.27 bits per heavy atom. The number of aryl methyl sites for hydroxylation is 2. The zero-order valence-corrected chi connectivity index (χ0v) is 14.2. The van der Waals surface area contributed by atoms with Crippen molar-refractivity contribution in [3.8, 4) is 0 Å². The lowest BCUT2D eigenvalue weighted by Gasteiger charge is -2.26. The molecule has 22 heavy (non-hydrogen) atoms. The lowest BCUT2D eigenvalue weighted by molar-refractivity contribution is -0.120. The second kappa shape index (κ2) is 6.78. The third-order valence-electron chi connectivity index (χ3n) is 4.18. The number of aromatic nitrogens is 2. The fourth-order valence-electron chi connectivity index (χ4n) is 2.62. The molecule has 0 aromatic carbocycles. The summed E-state index contributed by atoms with van der Waals surface area (Å²) in [7, 11) is -0.974. The zero-order chi connectivity index (χ0) is 16.3. The van der Waals surface area contributed by atoms with Crippen LogP contribution < -0.4 is 5.32 Å². The van der Waals surface area contributed by atoms with Gasteiger partial charge in [0.05, 0.1) is 23.6 Å². The second-order valence-corrected chi connectivity index (χ2v) is 8.10. The molecule has 0 saturated carbocycles. The second-order valence-electron chi connectivity index (χ2n) is 5.79. The van der Waals surface area contributed by atoms with Gasteiger partial charge in [-0.15, -0.1) is 0 Å². The number of sulfone groups is 1. The molecule has 7 nitrogen and oxygen atoms in total. The molecule has 1 aliphatic heterocycles. The molecule has 1 aromatic rings. The maximum Gasteiger partial charge on any atom is 0.224 e. The molecule has 2 heterocycles. The molecule has 0 aliphatic carbocycles. The first kappa shape index (κ1) is 17.0. The Kier molecular flexibility index (Phi) is 5.23. The number of hydrogen-bond donors (Lipinski definition) is 1. The topological polar surface area (TPSA) is 84.3 Å². The van der Waals surface area contributed by atoms with E-state index in [-0.39, 0.29) is 17.4 Å². The number of nitrogens with zero attached hydrogens (tertiary/aromatic N) is 3. The molecular weight excluding hydrogens is 304 g/mol. The molecule has 0 atom stereocenters. The van der Waals surface area contributed by atoms with Gasteiger partial charge in [-0.25, -0.2) is 8.42 Å². The van der Waals surface area contributed by atoms with Crippen LogP contribution in [0.1, 0.15) is 17.0 Å². The predicted octanol–water partition coefficient (Wildman–Crippen LogP) is -0.574. The number of carbonyl (C=O) groups is 1. The van der Waals surface area contributed by atoms with Gasteiger partial charge in [-0.05, 0) is 13.8 Å². The molecule has 124 valence electrons. The van der Waals surface area contributed by atoms with Gasteiger partial charge in [0, 0.05) is 44.5 Å². The SMILES string of the molecule is Cc1nn(C)c(C)c1CC(=O)NCCN1CCS(=O)(=O)CC1. The van der Waals surface area contributed by atoms with Crippen molar-refractivity contribution in [3.63, 3.8) is 0 Å². The van der Waals surface area contributed by atoms with E-state index in [0.29, 0.717) is 32.6 Å². The summed E-state index contributed by atoms with van der Waals surface area (Å²) >= 11 is 0. The number of carbonyl (C=O) groups excluding carboxylic acids is 1. The average molecular weight is 328 g/mol. The van der Waals surface area contributed by atoms with Crippen LogP contribution in [0.2, 0.25) is 0 Å². The normalized spacial score (nSPS) is 18.3. The first-order valence-electron chi connectivity index (χ1n) is 7.47. The first-order valence-corrected chi connectivity index (χ1v) is 9.29. The molecular formula is C14H24N4O3S. The minimum atomic E-state index is -2.84. The van der Waals surface area contributed by atoms with E-state index in [2.05, 4.69) is 15.3 Å². The van der Waals surface area contributed by atoms with Crippen molar-refractivity contribution in [2.24, 2.45) is 7.05 Å². The summed E-state index contributed by atoms with van der Waals surface area (Å²) in [6.07, 6.45) is 0.333. The summed E-state index contributed by atoms with van der Waals surface area (Å²) in [6.45, 7) is 6.20. The molecule has 0 spiro atoms. The number of amides is 1. The molecule has 1 amide bonds. The standard InChI is InChI=1S/C14H24N4O3S/c1-11-13(12(2)17(3)16-11)10-14(19)15-4-5-18-6-8-22(20,21)9-7-18/h4-10H2,1-3H3,(H,15,19). The van der Waals surface area contributed by atoms with E-state index in [1.54, 1.807) is 4.68 Å². The van der Waals surface area contributed by atoms with Crippen LogP contribution in [0.3, 0.4) is 0 Å². The van der Waals surface area contributed by atoms with Crippen molar-refractivity contribution >= 4 is 15.7 Å². The molecule has 1 fully saturated rings. The molecule has 0 radical (unpaired) electrons. The summed E-state index contributed by atoms with van der Waals surface area (Å²) < 4.78 is 24.5. The van der Waals surface area contributed by atoms with Crippen molar-refractivity contribution in [1.82, 2.24) is 20.0 Å². The Morgan fingerprint density at radius 3 is 2.45 bits per heavy atom. The van der Waals surface area contributed by atoms with Crippen LogP contribution in [0.4, 0.5) is 0 Å². The first-order chi connectivity index (χ1) is 10.3. The summed E-state index contributed by atoms with van der Waals surface area (Å²) in [5.41, 5.74) is 2.87. The van der Waals surface area contributed by atoms with Crippen LogP contribution in [-0.2, 0) is 28.1 Å². The highest BCUT2D eigenvalue weighted by molar-refractivity contribution is 7.91. The van der Waals surface area contributed by atoms with Gasteiger partial charge in [0.2, 0.25) is 5.91 Å². The lowest BCUT2D eigenvalue weighted by atomic mass is 10.1. The molecule has 1 saturated heterocycles. The molecule has 1 N–H and O–H groups in total. The van der Waals surface area contributed by atoms with E-state index >= 15 is 0 Å². The largest absolute Gasteiger partial charge is 0.355 e. The maximum absolute atomic E-state index is 12.0. The molecule has 0 bridgehead atoms. The lowest BCUT2D eigenvalue weighted by Crippen LogP contribution is -2.44. The van der Waals surface area contributed by atoms with E-state index < -0.39 is 9.84 Å². The monoisotopic (exact) mass is 328 g/mol. The summed E-state index contributed by atoms with van der Waals surface area (Å²) in [5, 5.41) is 7.20. The Hall–Kier alpha value is -1.41. The molecule has 1 aromatic heterocycles. The minimum absolute atomic E-state index is 0.0242. The maximum atomic E-state index is 12.0. The fourth-order valence-corrected chi connectivity index (χ4v) is 3.90. The van der Waals surface area contributed by atoms with Crippen LogP contribution in [0.5, 0.6) is 0 Å². The van der Waals surface area contributed by atoms with Gasteiger partial charge in [-0.1, -0.05) is 0 Å². The molecule has 1 aliphatic rings. The van der Waals surface area contributed by atoms with Crippen LogP contribution in [0.25, 0.3) is 0 Å². The van der Waals surface area contributed by atoms with Gasteiger partial charge in [0.15, 0.2) is 9.84 Å². The Labute approximate surface area is 131 Å². The Balaban J connectivity index is 1.74. The van der Waals surface area contributed by atoms with Crippen molar-refractivity contribution in [3.05, 3.63) is 17.0 Å². The van der Waals surface area contributed by atoms with Crippen molar-refractivity contribution in [2.45, 2.75) is 20.3 Å². The van der Waals surface area contributed by atoms with Gasteiger partial charge in [-0.2, -0.15) is 5.10 Å². The van der Waals surface area contributed by atoms with E-state index in [1.807, 2.05) is 20.9 Å². The zero-order valence-electron chi connectivity index (χ0n) is 13.4. The van der Waals surface area contributed by atoms with Crippen molar-refractivity contribution in [2.75, 3.05) is 37.7 Å². The highest BCUT2D eigenvalue weighted by atomic mass is 32.2. The quantitative estimate of drug-likeness (QED) is 0.782. The van der Waals surface area contributed by atoms with Gasteiger partial charge >= 0.3 is 0 Å². The van der Waals surface area contributed by atoms with Crippen LogP contribution in [0.15, 0.2) is 0 Å². The van der Waals surface area contributed by atoms with Crippen molar-refractivity contribution in [1.29, 1.82) is 0 Å². The highest BCUT2D eigenvalue weighted by Crippen LogP contribution is 2.12. The summed E-state index contributed by atoms with van der Waals surface area (Å²) in [5.74, 6) is 0.410. The Morgan fingerprint density at radius 2 is 1.91 bits per heavy atom. The number of rotatable bonds is 5. The molecule has 0 unspecified atom stereocenters. The van der Waals surface area contributed by atoms with Crippen LogP contribution in [0, 0.1) is 13.8 Å². The van der Waals surface area contributed by atoms with Crippen molar-refractivity contribution < 1.29 is 13.2 Å². The molecule has 8 heteroatoms. The van der Waals surface area contributed by atoms with E-state index in [0.717, 1.165) is 17.0 Å². The van der Waals surface area contributed by atoms with Gasteiger partial charge in [-0.3, -0.25) is 14.4 Å². The highest BCUT2D eigenvalue weighted by Gasteiger charge is 2.21. The summed E-state index contributed by atoms with van der Waals surface area (Å²) in [6, 6.07) is 0. The Bertz CT molecular complexity index is 637. The van der Waals surface area contributed by atoms with E-state index in [9.17, 15) is 13.2 Å². The average Bonchev–Trinajstić information content (AvgIpc) is 2.67. The number of hydrogen-bond acceptors (Lipinski definition) is 5. The van der Waals surface area contributed by atoms with E-state index in [1.165, 1.54) is 0 Å². The summed E-state index contributed by atoms with van der Waals surface area (Å²) in [4.78, 5) is 14.1.